The molecule has 1 unspecified atom stereocenters. The van der Waals surface area contributed by atoms with Crippen LogP contribution in [0.15, 0.2) is 4.47 Å². The maximum absolute atomic E-state index is 10.00. The van der Waals surface area contributed by atoms with E-state index in [1.807, 2.05) is 4.68 Å². The molecule has 17 heavy (non-hydrogen) atoms. The molecule has 1 heterocycles. The monoisotopic (exact) mass is 302 g/mol. The van der Waals surface area contributed by atoms with Crippen LogP contribution >= 0.6 is 15.9 Å². The standard InChI is InChI=1S/C13H23BrN2O/c1-4-7-8-10(17)9-12-13(14)11(5-2)15-16(12)6-3/h10,17H,4-9H2,1-3H3. The first kappa shape index (κ1) is 14.7. The van der Waals surface area contributed by atoms with Gasteiger partial charge in [-0.1, -0.05) is 26.7 Å². The van der Waals surface area contributed by atoms with Crippen molar-refractivity contribution in [3.8, 4) is 0 Å². The van der Waals surface area contributed by atoms with E-state index in [0.29, 0.717) is 6.42 Å². The highest BCUT2D eigenvalue weighted by Gasteiger charge is 2.16. The maximum atomic E-state index is 10.00. The van der Waals surface area contributed by atoms with Crippen LogP contribution in [-0.2, 0) is 19.4 Å². The van der Waals surface area contributed by atoms with Crippen molar-refractivity contribution in [1.82, 2.24) is 9.78 Å². The van der Waals surface area contributed by atoms with Gasteiger partial charge in [0.1, 0.15) is 0 Å². The summed E-state index contributed by atoms with van der Waals surface area (Å²) in [5.74, 6) is 0. The summed E-state index contributed by atoms with van der Waals surface area (Å²) in [6.45, 7) is 7.19. The number of aliphatic hydroxyl groups is 1. The summed E-state index contributed by atoms with van der Waals surface area (Å²) in [6.07, 6.45) is 4.45. The SMILES string of the molecule is CCCCC(O)Cc1c(Br)c(CC)nn1CC. The zero-order chi connectivity index (χ0) is 12.8. The van der Waals surface area contributed by atoms with Gasteiger partial charge >= 0.3 is 0 Å². The molecule has 1 atom stereocenters. The highest BCUT2D eigenvalue weighted by atomic mass is 79.9. The van der Waals surface area contributed by atoms with Gasteiger partial charge in [-0.15, -0.1) is 0 Å². The Morgan fingerprint density at radius 1 is 1.35 bits per heavy atom. The molecule has 1 N–H and O–H groups in total. The van der Waals surface area contributed by atoms with Crippen molar-refractivity contribution in [2.75, 3.05) is 0 Å². The second-order valence-corrected chi connectivity index (χ2v) is 5.17. The van der Waals surface area contributed by atoms with E-state index in [2.05, 4.69) is 41.8 Å². The third-order valence-electron chi connectivity index (χ3n) is 3.01. The predicted octanol–water partition coefficient (Wildman–Crippen LogP) is 3.32. The summed E-state index contributed by atoms with van der Waals surface area (Å²) in [5, 5.41) is 14.5. The molecule has 1 rings (SSSR count). The average molecular weight is 303 g/mol. The molecule has 1 aromatic heterocycles. The Morgan fingerprint density at radius 2 is 2.06 bits per heavy atom. The quantitative estimate of drug-likeness (QED) is 0.839. The summed E-state index contributed by atoms with van der Waals surface area (Å²) in [5.41, 5.74) is 2.22. The largest absolute Gasteiger partial charge is 0.393 e. The molecule has 0 amide bonds. The average Bonchev–Trinajstić information content (AvgIpc) is 2.63. The van der Waals surface area contributed by atoms with Crippen molar-refractivity contribution >= 4 is 15.9 Å². The van der Waals surface area contributed by atoms with E-state index in [0.717, 1.165) is 48.1 Å². The Bertz CT molecular complexity index is 349. The number of unbranched alkanes of at least 4 members (excludes halogenated alkanes) is 1. The van der Waals surface area contributed by atoms with Crippen LogP contribution in [0.1, 0.15) is 51.4 Å². The fraction of sp³-hybridized carbons (Fsp3) is 0.769. The Hall–Kier alpha value is -0.350. The molecular weight excluding hydrogens is 280 g/mol. The van der Waals surface area contributed by atoms with Gasteiger partial charge in [-0.05, 0) is 35.7 Å². The zero-order valence-electron chi connectivity index (χ0n) is 11.0. The number of nitrogens with zero attached hydrogens (tertiary/aromatic N) is 2. The number of aromatic nitrogens is 2. The molecule has 0 aromatic carbocycles. The second-order valence-electron chi connectivity index (χ2n) is 4.38. The third-order valence-corrected chi connectivity index (χ3v) is 3.93. The fourth-order valence-electron chi connectivity index (χ4n) is 1.98. The van der Waals surface area contributed by atoms with Crippen molar-refractivity contribution in [2.45, 2.75) is 65.5 Å². The zero-order valence-corrected chi connectivity index (χ0v) is 12.6. The van der Waals surface area contributed by atoms with Gasteiger partial charge < -0.3 is 5.11 Å². The number of hydrogen-bond acceptors (Lipinski definition) is 2. The molecule has 4 heteroatoms. The van der Waals surface area contributed by atoms with Gasteiger partial charge in [-0.2, -0.15) is 5.10 Å². The Kier molecular flexibility index (Phi) is 6.20. The lowest BCUT2D eigenvalue weighted by atomic mass is 10.1. The van der Waals surface area contributed by atoms with Crippen LogP contribution < -0.4 is 0 Å². The number of hydrogen-bond donors (Lipinski definition) is 1. The first-order chi connectivity index (χ1) is 8.13. The van der Waals surface area contributed by atoms with E-state index in [4.69, 9.17) is 0 Å². The minimum absolute atomic E-state index is 0.252. The molecule has 0 radical (unpaired) electrons. The number of aliphatic hydroxyl groups excluding tert-OH is 1. The first-order valence-corrected chi connectivity index (χ1v) is 7.35. The van der Waals surface area contributed by atoms with Crippen LogP contribution in [-0.4, -0.2) is 21.0 Å². The van der Waals surface area contributed by atoms with Gasteiger partial charge in [-0.25, -0.2) is 0 Å². The van der Waals surface area contributed by atoms with Crippen molar-refractivity contribution in [2.24, 2.45) is 0 Å². The summed E-state index contributed by atoms with van der Waals surface area (Å²) in [4.78, 5) is 0. The molecule has 98 valence electrons. The van der Waals surface area contributed by atoms with E-state index in [-0.39, 0.29) is 6.10 Å². The van der Waals surface area contributed by atoms with Gasteiger partial charge in [0.05, 0.1) is 22.0 Å². The minimum Gasteiger partial charge on any atom is -0.393 e. The van der Waals surface area contributed by atoms with Crippen LogP contribution in [0.25, 0.3) is 0 Å². The van der Waals surface area contributed by atoms with Crippen molar-refractivity contribution in [3.05, 3.63) is 15.9 Å². The molecule has 0 aliphatic rings. The molecule has 0 spiro atoms. The molecule has 3 nitrogen and oxygen atoms in total. The number of aryl methyl sites for hydroxylation is 2. The lowest BCUT2D eigenvalue weighted by Gasteiger charge is -2.11. The van der Waals surface area contributed by atoms with Crippen LogP contribution in [0.3, 0.4) is 0 Å². The molecule has 0 aliphatic heterocycles. The van der Waals surface area contributed by atoms with Gasteiger partial charge in [0.25, 0.3) is 0 Å². The first-order valence-electron chi connectivity index (χ1n) is 6.56. The Balaban J connectivity index is 2.78. The van der Waals surface area contributed by atoms with Gasteiger partial charge in [0.15, 0.2) is 0 Å². The highest BCUT2D eigenvalue weighted by Crippen LogP contribution is 2.24. The van der Waals surface area contributed by atoms with Crippen LogP contribution in [0.4, 0.5) is 0 Å². The molecule has 0 saturated heterocycles. The fourth-order valence-corrected chi connectivity index (χ4v) is 2.70. The maximum Gasteiger partial charge on any atom is 0.0766 e. The summed E-state index contributed by atoms with van der Waals surface area (Å²) < 4.78 is 3.08. The van der Waals surface area contributed by atoms with Crippen molar-refractivity contribution in [3.63, 3.8) is 0 Å². The molecular formula is C13H23BrN2O. The highest BCUT2D eigenvalue weighted by molar-refractivity contribution is 9.10. The molecule has 1 aromatic rings. The van der Waals surface area contributed by atoms with E-state index >= 15 is 0 Å². The van der Waals surface area contributed by atoms with Gasteiger partial charge in [0, 0.05) is 13.0 Å². The molecule has 0 aliphatic carbocycles. The topological polar surface area (TPSA) is 38.1 Å². The van der Waals surface area contributed by atoms with Gasteiger partial charge in [0.2, 0.25) is 0 Å². The Labute approximate surface area is 112 Å². The number of rotatable bonds is 7. The van der Waals surface area contributed by atoms with Crippen molar-refractivity contribution < 1.29 is 5.11 Å². The molecule has 0 saturated carbocycles. The Morgan fingerprint density at radius 3 is 2.59 bits per heavy atom. The van der Waals surface area contributed by atoms with E-state index < -0.39 is 0 Å². The molecule has 0 fully saturated rings. The van der Waals surface area contributed by atoms with Gasteiger partial charge in [-0.3, -0.25) is 4.68 Å². The summed E-state index contributed by atoms with van der Waals surface area (Å²) in [7, 11) is 0. The van der Waals surface area contributed by atoms with Crippen LogP contribution in [0, 0.1) is 0 Å². The third kappa shape index (κ3) is 3.81. The van der Waals surface area contributed by atoms with Crippen molar-refractivity contribution in [1.29, 1.82) is 0 Å². The normalized spacial score (nSPS) is 13.0. The smallest absolute Gasteiger partial charge is 0.0766 e. The number of halogens is 1. The predicted molar refractivity (Wildman–Crippen MR) is 74.2 cm³/mol. The van der Waals surface area contributed by atoms with Crippen LogP contribution in [0.5, 0.6) is 0 Å². The van der Waals surface area contributed by atoms with E-state index in [1.165, 1.54) is 0 Å². The lowest BCUT2D eigenvalue weighted by molar-refractivity contribution is 0.159. The van der Waals surface area contributed by atoms with E-state index in [1.54, 1.807) is 0 Å². The molecule has 0 bridgehead atoms. The van der Waals surface area contributed by atoms with E-state index in [9.17, 15) is 5.11 Å². The minimum atomic E-state index is -0.252. The summed E-state index contributed by atoms with van der Waals surface area (Å²) in [6, 6.07) is 0. The van der Waals surface area contributed by atoms with Crippen LogP contribution in [0.2, 0.25) is 0 Å². The summed E-state index contributed by atoms with van der Waals surface area (Å²) >= 11 is 3.61. The lowest BCUT2D eigenvalue weighted by Crippen LogP contribution is -2.14. The second kappa shape index (κ2) is 7.17.